The Labute approximate surface area is 128 Å². The van der Waals surface area contributed by atoms with E-state index in [1.165, 1.54) is 22.8 Å². The summed E-state index contributed by atoms with van der Waals surface area (Å²) in [5.74, 6) is 1.48. The Bertz CT molecular complexity index is 591. The second-order valence-electron chi connectivity index (χ2n) is 5.28. The van der Waals surface area contributed by atoms with E-state index in [4.69, 9.17) is 9.47 Å². The number of alkyl halides is 1. The van der Waals surface area contributed by atoms with Crippen molar-refractivity contribution in [2.24, 2.45) is 5.92 Å². The Morgan fingerprint density at radius 1 is 1.20 bits per heavy atom. The summed E-state index contributed by atoms with van der Waals surface area (Å²) in [6.45, 7) is 1.75. The zero-order valence-electron chi connectivity index (χ0n) is 11.6. The van der Waals surface area contributed by atoms with Gasteiger partial charge in [-0.2, -0.15) is 0 Å². The minimum absolute atomic E-state index is 0.332. The van der Waals surface area contributed by atoms with Crippen molar-refractivity contribution in [3.05, 3.63) is 42.0 Å². The number of ether oxygens (including phenoxy) is 2. The molecule has 2 nitrogen and oxygen atoms in total. The van der Waals surface area contributed by atoms with Gasteiger partial charge >= 0.3 is 0 Å². The maximum absolute atomic E-state index is 5.63. The molecule has 2 aromatic carbocycles. The molecule has 1 fully saturated rings. The summed E-state index contributed by atoms with van der Waals surface area (Å²) < 4.78 is 11.1. The fourth-order valence-corrected chi connectivity index (χ4v) is 3.78. The number of hydrogen-bond donors (Lipinski definition) is 0. The molecule has 2 unspecified atom stereocenters. The highest BCUT2D eigenvalue weighted by Crippen LogP contribution is 2.41. The number of halogens is 1. The Morgan fingerprint density at radius 3 is 2.70 bits per heavy atom. The molecular formula is C17H19BrO2. The highest BCUT2D eigenvalue weighted by Gasteiger charge is 2.25. The first-order valence-electron chi connectivity index (χ1n) is 7.08. The molecule has 0 saturated carbocycles. The monoisotopic (exact) mass is 334 g/mol. The lowest BCUT2D eigenvalue weighted by molar-refractivity contribution is 0.0547. The molecule has 0 aromatic heterocycles. The van der Waals surface area contributed by atoms with E-state index >= 15 is 0 Å². The van der Waals surface area contributed by atoms with Crippen LogP contribution in [0.15, 0.2) is 36.4 Å². The van der Waals surface area contributed by atoms with Crippen LogP contribution in [-0.2, 0) is 4.74 Å². The topological polar surface area (TPSA) is 18.5 Å². The van der Waals surface area contributed by atoms with Gasteiger partial charge in [-0.3, -0.25) is 0 Å². The molecule has 0 spiro atoms. The zero-order valence-corrected chi connectivity index (χ0v) is 13.2. The normalized spacial score (nSPS) is 20.8. The number of methoxy groups -OCH3 is 1. The van der Waals surface area contributed by atoms with Crippen LogP contribution in [0, 0.1) is 5.92 Å². The molecule has 0 radical (unpaired) electrons. The Hall–Kier alpha value is -1.06. The molecular weight excluding hydrogens is 316 g/mol. The van der Waals surface area contributed by atoms with Crippen LogP contribution in [0.4, 0.5) is 0 Å². The molecule has 20 heavy (non-hydrogen) atoms. The first-order valence-corrected chi connectivity index (χ1v) is 8.00. The van der Waals surface area contributed by atoms with E-state index in [9.17, 15) is 0 Å². The molecule has 0 aliphatic carbocycles. The zero-order chi connectivity index (χ0) is 13.9. The van der Waals surface area contributed by atoms with Crippen molar-refractivity contribution in [2.75, 3.05) is 20.3 Å². The van der Waals surface area contributed by atoms with Gasteiger partial charge in [0.25, 0.3) is 0 Å². The van der Waals surface area contributed by atoms with Gasteiger partial charge in [-0.05, 0) is 35.8 Å². The van der Waals surface area contributed by atoms with Crippen molar-refractivity contribution >= 4 is 26.7 Å². The summed E-state index contributed by atoms with van der Waals surface area (Å²) in [6, 6.07) is 12.7. The van der Waals surface area contributed by atoms with Gasteiger partial charge in [0, 0.05) is 16.8 Å². The summed E-state index contributed by atoms with van der Waals surface area (Å²) in [4.78, 5) is 0.332. The van der Waals surface area contributed by atoms with E-state index in [0.717, 1.165) is 25.4 Å². The maximum Gasteiger partial charge on any atom is 0.126 e. The van der Waals surface area contributed by atoms with Gasteiger partial charge in [-0.25, -0.2) is 0 Å². The Morgan fingerprint density at radius 2 is 2.00 bits per heavy atom. The van der Waals surface area contributed by atoms with Crippen LogP contribution in [0.25, 0.3) is 10.8 Å². The van der Waals surface area contributed by atoms with Crippen molar-refractivity contribution in [3.63, 3.8) is 0 Å². The summed E-state index contributed by atoms with van der Waals surface area (Å²) >= 11 is 3.89. The third kappa shape index (κ3) is 2.57. The molecule has 0 amide bonds. The first kappa shape index (κ1) is 13.9. The lowest BCUT2D eigenvalue weighted by Gasteiger charge is -2.27. The van der Waals surface area contributed by atoms with Gasteiger partial charge < -0.3 is 9.47 Å². The molecule has 1 saturated heterocycles. The molecule has 1 aliphatic rings. The average Bonchev–Trinajstić information content (AvgIpc) is 2.54. The number of rotatable bonds is 3. The Kier molecular flexibility index (Phi) is 4.27. The van der Waals surface area contributed by atoms with E-state index in [1.54, 1.807) is 7.11 Å². The minimum atomic E-state index is 0.332. The van der Waals surface area contributed by atoms with Crippen molar-refractivity contribution in [2.45, 2.75) is 17.7 Å². The van der Waals surface area contributed by atoms with Crippen molar-refractivity contribution in [3.8, 4) is 5.75 Å². The first-order chi connectivity index (χ1) is 9.81. The van der Waals surface area contributed by atoms with Crippen LogP contribution >= 0.6 is 15.9 Å². The second kappa shape index (κ2) is 6.15. The smallest absolute Gasteiger partial charge is 0.126 e. The van der Waals surface area contributed by atoms with Gasteiger partial charge in [0.05, 0.1) is 13.7 Å². The fourth-order valence-electron chi connectivity index (χ4n) is 2.96. The maximum atomic E-state index is 5.63. The lowest BCUT2D eigenvalue weighted by atomic mass is 9.91. The van der Waals surface area contributed by atoms with Gasteiger partial charge in [0.2, 0.25) is 0 Å². The molecule has 2 atom stereocenters. The fraction of sp³-hybridized carbons (Fsp3) is 0.412. The molecule has 1 heterocycles. The molecule has 0 bridgehead atoms. The molecule has 3 heteroatoms. The molecule has 106 valence electrons. The lowest BCUT2D eigenvalue weighted by Crippen LogP contribution is -2.21. The third-order valence-corrected chi connectivity index (χ3v) is 5.29. The van der Waals surface area contributed by atoms with Crippen molar-refractivity contribution < 1.29 is 9.47 Å². The molecule has 1 aliphatic heterocycles. The Balaban J connectivity index is 2.02. The van der Waals surface area contributed by atoms with Crippen LogP contribution in [0.1, 0.15) is 23.2 Å². The van der Waals surface area contributed by atoms with E-state index < -0.39 is 0 Å². The third-order valence-electron chi connectivity index (χ3n) is 4.04. The number of hydrogen-bond acceptors (Lipinski definition) is 2. The summed E-state index contributed by atoms with van der Waals surface area (Å²) in [6.07, 6.45) is 2.37. The van der Waals surface area contributed by atoms with E-state index in [0.29, 0.717) is 10.7 Å². The van der Waals surface area contributed by atoms with Crippen LogP contribution in [0.3, 0.4) is 0 Å². The van der Waals surface area contributed by atoms with Gasteiger partial charge in [0.15, 0.2) is 0 Å². The van der Waals surface area contributed by atoms with E-state index in [-0.39, 0.29) is 0 Å². The highest BCUT2D eigenvalue weighted by molar-refractivity contribution is 9.09. The quantitative estimate of drug-likeness (QED) is 0.756. The average molecular weight is 335 g/mol. The minimum Gasteiger partial charge on any atom is -0.496 e. The highest BCUT2D eigenvalue weighted by atomic mass is 79.9. The second-order valence-corrected chi connectivity index (χ2v) is 6.27. The van der Waals surface area contributed by atoms with Crippen molar-refractivity contribution in [1.29, 1.82) is 0 Å². The van der Waals surface area contributed by atoms with E-state index in [1.807, 2.05) is 0 Å². The SMILES string of the molecule is COc1ccc(C(Br)C2CCCOC2)c2ccccc12. The van der Waals surface area contributed by atoms with Crippen molar-refractivity contribution in [1.82, 2.24) is 0 Å². The standard InChI is InChI=1S/C17H19BrO2/c1-19-16-9-8-15(13-6-2-3-7-14(13)16)17(18)12-5-4-10-20-11-12/h2-3,6-9,12,17H,4-5,10-11H2,1H3. The van der Waals surface area contributed by atoms with Crippen LogP contribution in [0.5, 0.6) is 5.75 Å². The summed E-state index contributed by atoms with van der Waals surface area (Å²) in [7, 11) is 1.72. The van der Waals surface area contributed by atoms with Gasteiger partial charge in [-0.15, -0.1) is 0 Å². The van der Waals surface area contributed by atoms with Crippen LogP contribution < -0.4 is 4.74 Å². The number of benzene rings is 2. The molecule has 0 N–H and O–H groups in total. The molecule has 2 aromatic rings. The predicted octanol–water partition coefficient (Wildman–Crippen LogP) is 4.71. The van der Waals surface area contributed by atoms with E-state index in [2.05, 4.69) is 52.3 Å². The summed E-state index contributed by atoms with van der Waals surface area (Å²) in [5.41, 5.74) is 1.33. The summed E-state index contributed by atoms with van der Waals surface area (Å²) in [5, 5.41) is 2.44. The number of fused-ring (bicyclic) bond motifs is 1. The van der Waals surface area contributed by atoms with Gasteiger partial charge in [0.1, 0.15) is 5.75 Å². The largest absolute Gasteiger partial charge is 0.496 e. The van der Waals surface area contributed by atoms with Gasteiger partial charge in [-0.1, -0.05) is 46.3 Å². The van der Waals surface area contributed by atoms with Crippen LogP contribution in [0.2, 0.25) is 0 Å². The van der Waals surface area contributed by atoms with Crippen LogP contribution in [-0.4, -0.2) is 20.3 Å². The molecule has 3 rings (SSSR count). The predicted molar refractivity (Wildman–Crippen MR) is 85.7 cm³/mol.